The summed E-state index contributed by atoms with van der Waals surface area (Å²) in [7, 11) is 3.13. The molecule has 1 saturated heterocycles. The van der Waals surface area contributed by atoms with Crippen molar-refractivity contribution < 1.29 is 38.9 Å². The lowest BCUT2D eigenvalue weighted by Crippen LogP contribution is -2.74. The number of carbonyl (C=O) groups excluding carboxylic acids is 5. The Morgan fingerprint density at radius 3 is 2.46 bits per heavy atom. The summed E-state index contributed by atoms with van der Waals surface area (Å²) in [5.74, 6) is -10.3. The number of benzene rings is 1. The minimum atomic E-state index is -2.71. The van der Waals surface area contributed by atoms with Crippen molar-refractivity contribution in [3.8, 4) is 5.75 Å². The number of nitrogens with zero attached hydrogens (tertiary/aromatic N) is 2. The lowest BCUT2D eigenvalue weighted by atomic mass is 9.52. The number of rotatable bonds is 4. The van der Waals surface area contributed by atoms with E-state index in [1.54, 1.807) is 20.2 Å². The molecule has 37 heavy (non-hydrogen) atoms. The van der Waals surface area contributed by atoms with Crippen LogP contribution in [0.2, 0.25) is 0 Å². The van der Waals surface area contributed by atoms with E-state index in [-0.39, 0.29) is 24.2 Å². The first-order valence-electron chi connectivity index (χ1n) is 12.5. The quantitative estimate of drug-likeness (QED) is 0.412. The predicted molar refractivity (Wildman–Crippen MR) is 127 cm³/mol. The van der Waals surface area contributed by atoms with Gasteiger partial charge in [-0.1, -0.05) is 6.07 Å². The molecule has 0 spiro atoms. The smallest absolute Gasteiger partial charge is 0.235 e. The largest absolute Gasteiger partial charge is 0.507 e. The molecular formula is C26H31N3O8. The van der Waals surface area contributed by atoms with Crippen LogP contribution in [0.25, 0.3) is 0 Å². The number of nitrogens with two attached hydrogens (primary N) is 1. The van der Waals surface area contributed by atoms with Crippen LogP contribution in [-0.4, -0.2) is 101 Å². The maximum atomic E-state index is 13.8. The Morgan fingerprint density at radius 2 is 1.84 bits per heavy atom. The van der Waals surface area contributed by atoms with Gasteiger partial charge in [-0.15, -0.1) is 0 Å². The second-order valence-corrected chi connectivity index (χ2v) is 10.8. The van der Waals surface area contributed by atoms with Crippen LogP contribution in [0.5, 0.6) is 5.75 Å². The lowest BCUT2D eigenvalue weighted by Gasteiger charge is -2.52. The van der Waals surface area contributed by atoms with Crippen LogP contribution in [0.4, 0.5) is 0 Å². The van der Waals surface area contributed by atoms with Gasteiger partial charge in [-0.25, -0.2) is 0 Å². The molecule has 6 atom stereocenters. The highest BCUT2D eigenvalue weighted by atomic mass is 16.5. The minimum absolute atomic E-state index is 0.0253. The number of amides is 1. The second-order valence-electron chi connectivity index (χ2n) is 10.8. The molecule has 0 radical (unpaired) electrons. The fourth-order valence-corrected chi connectivity index (χ4v) is 6.82. The zero-order valence-electron chi connectivity index (χ0n) is 20.8. The number of aliphatic hydroxyl groups is 1. The van der Waals surface area contributed by atoms with Crippen molar-refractivity contribution in [3.63, 3.8) is 0 Å². The summed E-state index contributed by atoms with van der Waals surface area (Å²) < 4.78 is 5.41. The predicted octanol–water partition coefficient (Wildman–Crippen LogP) is -1.30. The summed E-state index contributed by atoms with van der Waals surface area (Å²) in [6.45, 7) is 3.17. The molecule has 0 aromatic heterocycles. The Hall–Kier alpha value is -2.99. The maximum Gasteiger partial charge on any atom is 0.235 e. The summed E-state index contributed by atoms with van der Waals surface area (Å²) in [6, 6.07) is 2.08. The van der Waals surface area contributed by atoms with Crippen molar-refractivity contribution >= 4 is 29.0 Å². The van der Waals surface area contributed by atoms with Crippen LogP contribution in [0.3, 0.4) is 0 Å². The number of phenols is 1. The molecule has 11 heteroatoms. The van der Waals surface area contributed by atoms with Gasteiger partial charge in [0.05, 0.1) is 30.7 Å². The van der Waals surface area contributed by atoms with E-state index in [2.05, 4.69) is 4.90 Å². The molecular weight excluding hydrogens is 482 g/mol. The molecule has 3 aliphatic carbocycles. The molecule has 0 bridgehead atoms. The molecule has 1 amide bonds. The van der Waals surface area contributed by atoms with Gasteiger partial charge < -0.3 is 20.7 Å². The van der Waals surface area contributed by atoms with Crippen molar-refractivity contribution in [1.29, 1.82) is 0 Å². The highest BCUT2D eigenvalue weighted by Gasteiger charge is 2.69. The summed E-state index contributed by atoms with van der Waals surface area (Å²) in [5, 5.41) is 22.2. The molecule has 198 valence electrons. The number of likely N-dealkylation sites (N-methyl/N-ethyl adjacent to an activating group) is 1. The first-order valence-corrected chi connectivity index (χ1v) is 12.5. The number of carbonyl (C=O) groups is 5. The Balaban J connectivity index is 1.58. The molecule has 1 aromatic carbocycles. The molecule has 6 unspecified atom stereocenters. The number of primary amides is 1. The van der Waals surface area contributed by atoms with E-state index < -0.39 is 64.4 Å². The lowest BCUT2D eigenvalue weighted by molar-refractivity contribution is -0.181. The average molecular weight is 514 g/mol. The number of Topliss-reactive ketones (excluding diaryl/α,β-unsaturated/α-hetero) is 4. The van der Waals surface area contributed by atoms with Gasteiger partial charge in [0, 0.05) is 25.6 Å². The molecule has 2 saturated carbocycles. The van der Waals surface area contributed by atoms with E-state index in [9.17, 15) is 34.2 Å². The van der Waals surface area contributed by atoms with Gasteiger partial charge in [-0.2, -0.15) is 0 Å². The van der Waals surface area contributed by atoms with Crippen LogP contribution >= 0.6 is 0 Å². The average Bonchev–Trinajstić information content (AvgIpc) is 2.83. The van der Waals surface area contributed by atoms with Crippen molar-refractivity contribution in [1.82, 2.24) is 9.80 Å². The number of morpholine rings is 1. The van der Waals surface area contributed by atoms with E-state index in [0.717, 1.165) is 18.7 Å². The van der Waals surface area contributed by atoms with Crippen LogP contribution in [0.15, 0.2) is 12.1 Å². The van der Waals surface area contributed by atoms with Crippen LogP contribution in [0, 0.1) is 23.7 Å². The number of ketones is 4. The Kier molecular flexibility index (Phi) is 6.30. The van der Waals surface area contributed by atoms with Gasteiger partial charge in [-0.05, 0) is 50.0 Å². The number of hydrogen-bond donors (Lipinski definition) is 3. The first kappa shape index (κ1) is 25.7. The molecule has 4 N–H and O–H groups in total. The fraction of sp³-hybridized carbons (Fsp3) is 0.577. The van der Waals surface area contributed by atoms with E-state index in [1.165, 1.54) is 11.0 Å². The SMILES string of the molecule is CN(C)C1C(=O)C(C(N)=O)C(=O)C2(O)C(=O)C3C(=O)c4c(O)ccc(CN5CCOCC5)c4CC3CC12. The highest BCUT2D eigenvalue weighted by Crippen LogP contribution is 2.51. The second kappa shape index (κ2) is 9.09. The molecule has 5 rings (SSSR count). The molecule has 4 aliphatic rings. The Labute approximate surface area is 213 Å². The number of ether oxygens (including phenoxy) is 1. The zero-order valence-corrected chi connectivity index (χ0v) is 20.8. The number of fused-ring (bicyclic) bond motifs is 3. The summed E-state index contributed by atoms with van der Waals surface area (Å²) in [4.78, 5) is 69.7. The van der Waals surface area contributed by atoms with Crippen molar-refractivity contribution in [2.45, 2.75) is 31.0 Å². The third-order valence-electron chi connectivity index (χ3n) is 8.54. The molecule has 1 aromatic rings. The fourth-order valence-electron chi connectivity index (χ4n) is 6.82. The van der Waals surface area contributed by atoms with Crippen LogP contribution in [0.1, 0.15) is 27.9 Å². The van der Waals surface area contributed by atoms with Gasteiger partial charge in [0.2, 0.25) is 5.91 Å². The van der Waals surface area contributed by atoms with E-state index >= 15 is 0 Å². The van der Waals surface area contributed by atoms with Gasteiger partial charge in [0.25, 0.3) is 0 Å². The molecule has 1 aliphatic heterocycles. The number of hydrogen-bond acceptors (Lipinski definition) is 10. The van der Waals surface area contributed by atoms with Gasteiger partial charge in [-0.3, -0.25) is 33.8 Å². The highest BCUT2D eigenvalue weighted by molar-refractivity contribution is 6.32. The van der Waals surface area contributed by atoms with E-state index in [0.29, 0.717) is 25.3 Å². The minimum Gasteiger partial charge on any atom is -0.507 e. The van der Waals surface area contributed by atoms with Crippen molar-refractivity contribution in [3.05, 3.63) is 28.8 Å². The van der Waals surface area contributed by atoms with Crippen LogP contribution < -0.4 is 5.73 Å². The summed E-state index contributed by atoms with van der Waals surface area (Å²) >= 11 is 0. The van der Waals surface area contributed by atoms with Gasteiger partial charge in [0.15, 0.2) is 34.7 Å². The van der Waals surface area contributed by atoms with Crippen molar-refractivity contribution in [2.24, 2.45) is 29.4 Å². The van der Waals surface area contributed by atoms with E-state index in [1.807, 2.05) is 0 Å². The van der Waals surface area contributed by atoms with Gasteiger partial charge >= 0.3 is 0 Å². The topological polar surface area (TPSA) is 168 Å². The van der Waals surface area contributed by atoms with Crippen molar-refractivity contribution in [2.75, 3.05) is 40.4 Å². The molecule has 3 fully saturated rings. The monoisotopic (exact) mass is 513 g/mol. The third-order valence-corrected chi connectivity index (χ3v) is 8.54. The summed E-state index contributed by atoms with van der Waals surface area (Å²) in [6.07, 6.45) is 0.302. The third kappa shape index (κ3) is 3.75. The number of phenolic OH excluding ortho intramolecular Hbond substituents is 1. The Morgan fingerprint density at radius 1 is 1.16 bits per heavy atom. The van der Waals surface area contributed by atoms with E-state index in [4.69, 9.17) is 10.5 Å². The zero-order chi connectivity index (χ0) is 26.8. The summed E-state index contributed by atoms with van der Waals surface area (Å²) in [5.41, 5.74) is 4.14. The van der Waals surface area contributed by atoms with Crippen LogP contribution in [-0.2, 0) is 36.9 Å². The normalized spacial score (nSPS) is 34.2. The van der Waals surface area contributed by atoms with Gasteiger partial charge in [0.1, 0.15) is 5.75 Å². The maximum absolute atomic E-state index is 13.8. The Bertz CT molecular complexity index is 1210. The first-order chi connectivity index (χ1) is 17.5. The standard InChI is InChI=1S/C26H31N3O8/c1-28(2)20-15-10-13-9-14-12(11-29-5-7-37-8-6-29)3-4-16(30)18(14)21(31)17(13)23(33)26(15,36)24(34)19(22(20)32)25(27)35/h3-4,13,15,17,19-20,30,36H,5-11H2,1-2H3,(H2,27,35). The number of aromatic hydroxyl groups is 1. The molecule has 11 nitrogen and oxygen atoms in total. The molecule has 1 heterocycles.